The highest BCUT2D eigenvalue weighted by Gasteiger charge is 2.50. The molecular weight excluding hydrogens is 286 g/mol. The number of nitrogens with one attached hydrogen (secondary N) is 1. The second-order valence-electron chi connectivity index (χ2n) is 5.99. The Balaban J connectivity index is 1.61. The maximum atomic E-state index is 12.2. The van der Waals surface area contributed by atoms with Crippen molar-refractivity contribution in [2.45, 2.75) is 19.3 Å². The van der Waals surface area contributed by atoms with Crippen molar-refractivity contribution in [3.8, 4) is 11.5 Å². The SMILES string of the molecule is COc1ccc2c(c1)CC(C(=O)NCC1(C(=O)O)CC1)CO2. The summed E-state index contributed by atoms with van der Waals surface area (Å²) in [6, 6.07) is 5.53. The van der Waals surface area contributed by atoms with E-state index in [2.05, 4.69) is 5.32 Å². The number of carboxylic acids is 1. The molecule has 6 nitrogen and oxygen atoms in total. The summed E-state index contributed by atoms with van der Waals surface area (Å²) < 4.78 is 10.8. The largest absolute Gasteiger partial charge is 0.497 e. The van der Waals surface area contributed by atoms with Crippen LogP contribution in [0.3, 0.4) is 0 Å². The lowest BCUT2D eigenvalue weighted by molar-refractivity contribution is -0.143. The quantitative estimate of drug-likeness (QED) is 0.854. The van der Waals surface area contributed by atoms with Gasteiger partial charge in [-0.2, -0.15) is 0 Å². The maximum absolute atomic E-state index is 12.2. The molecule has 0 radical (unpaired) electrons. The van der Waals surface area contributed by atoms with E-state index >= 15 is 0 Å². The molecular formula is C16H19NO5. The van der Waals surface area contributed by atoms with Gasteiger partial charge in [-0.3, -0.25) is 9.59 Å². The van der Waals surface area contributed by atoms with Crippen LogP contribution in [0.15, 0.2) is 18.2 Å². The van der Waals surface area contributed by atoms with Gasteiger partial charge in [0.2, 0.25) is 5.91 Å². The minimum atomic E-state index is -0.831. The Labute approximate surface area is 128 Å². The predicted octanol–water partition coefficient (Wildman–Crippen LogP) is 1.23. The van der Waals surface area contributed by atoms with Gasteiger partial charge in [0.15, 0.2) is 0 Å². The summed E-state index contributed by atoms with van der Waals surface area (Å²) >= 11 is 0. The smallest absolute Gasteiger partial charge is 0.311 e. The molecule has 2 aliphatic rings. The fourth-order valence-corrected chi connectivity index (χ4v) is 2.68. The van der Waals surface area contributed by atoms with Crippen LogP contribution in [-0.4, -0.2) is 37.2 Å². The van der Waals surface area contributed by atoms with E-state index < -0.39 is 11.4 Å². The average molecular weight is 305 g/mol. The molecule has 118 valence electrons. The number of carbonyl (C=O) groups is 2. The van der Waals surface area contributed by atoms with Gasteiger partial charge < -0.3 is 19.9 Å². The summed E-state index contributed by atoms with van der Waals surface area (Å²) in [7, 11) is 1.59. The predicted molar refractivity (Wildman–Crippen MR) is 78.0 cm³/mol. The summed E-state index contributed by atoms with van der Waals surface area (Å²) in [4.78, 5) is 23.4. The molecule has 1 aliphatic heterocycles. The molecule has 1 fully saturated rings. The lowest BCUT2D eigenvalue weighted by atomic mass is 9.95. The van der Waals surface area contributed by atoms with Crippen LogP contribution in [0.25, 0.3) is 0 Å². The number of ether oxygens (including phenoxy) is 2. The molecule has 1 aromatic rings. The zero-order chi connectivity index (χ0) is 15.7. The van der Waals surface area contributed by atoms with E-state index in [1.165, 1.54) is 0 Å². The highest BCUT2D eigenvalue weighted by molar-refractivity contribution is 5.82. The molecule has 0 spiro atoms. The van der Waals surface area contributed by atoms with E-state index in [1.807, 2.05) is 18.2 Å². The fraction of sp³-hybridized carbons (Fsp3) is 0.500. The number of carbonyl (C=O) groups excluding carboxylic acids is 1. The van der Waals surface area contributed by atoms with Crippen molar-refractivity contribution in [2.24, 2.45) is 11.3 Å². The van der Waals surface area contributed by atoms with Crippen LogP contribution in [0.2, 0.25) is 0 Å². The molecule has 0 saturated heterocycles. The van der Waals surface area contributed by atoms with Gasteiger partial charge in [0, 0.05) is 6.54 Å². The highest BCUT2D eigenvalue weighted by Crippen LogP contribution is 2.45. The maximum Gasteiger partial charge on any atom is 0.311 e. The van der Waals surface area contributed by atoms with Gasteiger partial charge in [-0.1, -0.05) is 0 Å². The Morgan fingerprint density at radius 2 is 2.23 bits per heavy atom. The standard InChI is InChI=1S/C16H19NO5/c1-21-12-2-3-13-10(7-12)6-11(8-22-13)14(18)17-9-16(4-5-16)15(19)20/h2-3,7,11H,4-6,8-9H2,1H3,(H,17,18)(H,19,20). The Bertz CT molecular complexity index is 609. The number of benzene rings is 1. The minimum Gasteiger partial charge on any atom is -0.497 e. The lowest BCUT2D eigenvalue weighted by Gasteiger charge is -2.25. The van der Waals surface area contributed by atoms with Gasteiger partial charge in [-0.05, 0) is 43.0 Å². The van der Waals surface area contributed by atoms with Gasteiger partial charge >= 0.3 is 5.97 Å². The van der Waals surface area contributed by atoms with Crippen molar-refractivity contribution in [2.75, 3.05) is 20.3 Å². The van der Waals surface area contributed by atoms with Crippen LogP contribution >= 0.6 is 0 Å². The van der Waals surface area contributed by atoms with Gasteiger partial charge in [-0.25, -0.2) is 0 Å². The second-order valence-corrected chi connectivity index (χ2v) is 5.99. The summed E-state index contributed by atoms with van der Waals surface area (Å²) in [6.07, 6.45) is 1.83. The molecule has 1 aromatic carbocycles. The zero-order valence-corrected chi connectivity index (χ0v) is 12.4. The van der Waals surface area contributed by atoms with E-state index in [0.717, 1.165) is 17.1 Å². The fourth-order valence-electron chi connectivity index (χ4n) is 2.68. The van der Waals surface area contributed by atoms with Gasteiger partial charge in [0.25, 0.3) is 0 Å². The molecule has 1 saturated carbocycles. The summed E-state index contributed by atoms with van der Waals surface area (Å²) in [5.41, 5.74) is 0.192. The zero-order valence-electron chi connectivity index (χ0n) is 12.4. The van der Waals surface area contributed by atoms with Crippen molar-refractivity contribution in [3.63, 3.8) is 0 Å². The third kappa shape index (κ3) is 2.73. The number of fused-ring (bicyclic) bond motifs is 1. The third-order valence-electron chi connectivity index (χ3n) is 4.45. The normalized spacial score (nSPS) is 21.2. The third-order valence-corrected chi connectivity index (χ3v) is 4.45. The number of amides is 1. The minimum absolute atomic E-state index is 0.152. The van der Waals surface area contributed by atoms with Crippen molar-refractivity contribution < 1.29 is 24.2 Å². The Kier molecular flexibility index (Phi) is 3.68. The van der Waals surface area contributed by atoms with Crippen molar-refractivity contribution in [1.29, 1.82) is 0 Å². The van der Waals surface area contributed by atoms with Gasteiger partial charge in [0.05, 0.1) is 18.4 Å². The first-order valence-electron chi connectivity index (χ1n) is 7.35. The lowest BCUT2D eigenvalue weighted by Crippen LogP contribution is -2.41. The van der Waals surface area contributed by atoms with Crippen LogP contribution < -0.4 is 14.8 Å². The first-order valence-corrected chi connectivity index (χ1v) is 7.35. The molecule has 0 aromatic heterocycles. The van der Waals surface area contributed by atoms with E-state index in [-0.39, 0.29) is 18.4 Å². The monoisotopic (exact) mass is 305 g/mol. The molecule has 0 bridgehead atoms. The van der Waals surface area contributed by atoms with Crippen LogP contribution in [-0.2, 0) is 16.0 Å². The van der Waals surface area contributed by atoms with Gasteiger partial charge in [0.1, 0.15) is 18.1 Å². The van der Waals surface area contributed by atoms with Crippen LogP contribution in [0, 0.1) is 11.3 Å². The van der Waals surface area contributed by atoms with E-state index in [9.17, 15) is 9.59 Å². The van der Waals surface area contributed by atoms with Crippen LogP contribution in [0.1, 0.15) is 18.4 Å². The van der Waals surface area contributed by atoms with Crippen LogP contribution in [0.5, 0.6) is 11.5 Å². The number of hydrogen-bond acceptors (Lipinski definition) is 4. The molecule has 1 heterocycles. The van der Waals surface area contributed by atoms with Crippen molar-refractivity contribution in [3.05, 3.63) is 23.8 Å². The molecule has 1 aliphatic carbocycles. The molecule has 22 heavy (non-hydrogen) atoms. The number of hydrogen-bond donors (Lipinski definition) is 2. The van der Waals surface area contributed by atoms with E-state index in [0.29, 0.717) is 25.9 Å². The topological polar surface area (TPSA) is 84.9 Å². The molecule has 1 unspecified atom stereocenters. The molecule has 6 heteroatoms. The number of rotatable bonds is 5. The van der Waals surface area contributed by atoms with E-state index in [4.69, 9.17) is 14.6 Å². The van der Waals surface area contributed by atoms with Crippen molar-refractivity contribution in [1.82, 2.24) is 5.32 Å². The van der Waals surface area contributed by atoms with Crippen molar-refractivity contribution >= 4 is 11.9 Å². The number of carboxylic acid groups (broad SMARTS) is 1. The van der Waals surface area contributed by atoms with Crippen LogP contribution in [0.4, 0.5) is 0 Å². The highest BCUT2D eigenvalue weighted by atomic mass is 16.5. The molecule has 3 rings (SSSR count). The van der Waals surface area contributed by atoms with E-state index in [1.54, 1.807) is 7.11 Å². The molecule has 1 atom stereocenters. The molecule has 2 N–H and O–H groups in total. The average Bonchev–Trinajstić information content (AvgIpc) is 3.32. The Hall–Kier alpha value is -2.24. The van der Waals surface area contributed by atoms with Gasteiger partial charge in [-0.15, -0.1) is 0 Å². The summed E-state index contributed by atoms with van der Waals surface area (Å²) in [5.74, 6) is 0.216. The summed E-state index contributed by atoms with van der Waals surface area (Å²) in [6.45, 7) is 0.508. The first-order chi connectivity index (χ1) is 10.5. The number of methoxy groups -OCH3 is 1. The molecule has 1 amide bonds. The Morgan fingerprint density at radius 1 is 1.45 bits per heavy atom. The number of aliphatic carboxylic acids is 1. The second kappa shape index (κ2) is 5.51. The first kappa shape index (κ1) is 14.7. The summed E-state index contributed by atoms with van der Waals surface area (Å²) in [5, 5.41) is 11.9. The Morgan fingerprint density at radius 3 is 2.86 bits per heavy atom.